The molecule has 0 aromatic heterocycles. The smallest absolute Gasteiger partial charge is 0.115 e. The Hall–Kier alpha value is -0.110. The third kappa shape index (κ3) is 2.43. The molecule has 4 atom stereocenters. The van der Waals surface area contributed by atoms with Gasteiger partial charge in [-0.05, 0) is 37.6 Å². The summed E-state index contributed by atoms with van der Waals surface area (Å²) < 4.78 is 13.4. The van der Waals surface area contributed by atoms with Gasteiger partial charge in [0.25, 0.3) is 0 Å². The van der Waals surface area contributed by atoms with Crippen molar-refractivity contribution in [1.29, 1.82) is 0 Å². The Morgan fingerprint density at radius 2 is 2.00 bits per heavy atom. The first-order valence-corrected chi connectivity index (χ1v) is 5.65. The molecule has 0 radical (unpaired) electrons. The van der Waals surface area contributed by atoms with Crippen LogP contribution in [0.5, 0.6) is 0 Å². The van der Waals surface area contributed by atoms with Crippen LogP contribution in [0.1, 0.15) is 39.0 Å². The van der Waals surface area contributed by atoms with E-state index in [4.69, 9.17) is 0 Å². The maximum Gasteiger partial charge on any atom is 0.115 e. The molecule has 0 heterocycles. The minimum atomic E-state index is -0.581. The fraction of sp³-hybridized carbons (Fsp3) is 1.00. The van der Waals surface area contributed by atoms with Crippen molar-refractivity contribution in [3.8, 4) is 0 Å². The van der Waals surface area contributed by atoms with Crippen molar-refractivity contribution in [2.45, 2.75) is 51.2 Å². The third-order valence-electron chi connectivity index (χ3n) is 3.60. The first-order chi connectivity index (χ1) is 6.27. The number of alkyl halides is 1. The van der Waals surface area contributed by atoms with E-state index < -0.39 is 6.17 Å². The van der Waals surface area contributed by atoms with Crippen LogP contribution in [0.4, 0.5) is 4.39 Å². The van der Waals surface area contributed by atoms with Crippen LogP contribution in [-0.2, 0) is 0 Å². The molecule has 2 unspecified atom stereocenters. The number of rotatable bonds is 3. The molecule has 0 aliphatic heterocycles. The lowest BCUT2D eigenvalue weighted by Crippen LogP contribution is -2.40. The van der Waals surface area contributed by atoms with Crippen LogP contribution < -0.4 is 5.32 Å². The quantitative estimate of drug-likeness (QED) is 0.712. The largest absolute Gasteiger partial charge is 0.311 e. The van der Waals surface area contributed by atoms with E-state index in [9.17, 15) is 4.39 Å². The average molecular weight is 185 g/mol. The summed E-state index contributed by atoms with van der Waals surface area (Å²) in [4.78, 5) is 0. The lowest BCUT2D eigenvalue weighted by Gasteiger charge is -2.26. The van der Waals surface area contributed by atoms with Crippen molar-refractivity contribution < 1.29 is 4.39 Å². The highest BCUT2D eigenvalue weighted by Gasteiger charge is 2.33. The van der Waals surface area contributed by atoms with Gasteiger partial charge in [0, 0.05) is 6.04 Å². The van der Waals surface area contributed by atoms with E-state index in [0.29, 0.717) is 0 Å². The minimum absolute atomic E-state index is 0.168. The Kier molecular flexibility index (Phi) is 2.87. The van der Waals surface area contributed by atoms with Gasteiger partial charge in [0.2, 0.25) is 0 Å². The van der Waals surface area contributed by atoms with Gasteiger partial charge in [0.15, 0.2) is 0 Å². The molecule has 2 fully saturated rings. The van der Waals surface area contributed by atoms with Gasteiger partial charge in [-0.15, -0.1) is 0 Å². The topological polar surface area (TPSA) is 12.0 Å². The number of hydrogen-bond acceptors (Lipinski definition) is 1. The van der Waals surface area contributed by atoms with Crippen molar-refractivity contribution in [2.75, 3.05) is 6.54 Å². The Morgan fingerprint density at radius 3 is 2.62 bits per heavy atom. The SMILES string of the molecule is CC1CC1CN[C@@H]1CCCC[C@H]1F. The zero-order valence-corrected chi connectivity index (χ0v) is 8.43. The number of hydrogen-bond donors (Lipinski definition) is 1. The second-order valence-electron chi connectivity index (χ2n) is 4.79. The van der Waals surface area contributed by atoms with Gasteiger partial charge in [0.05, 0.1) is 0 Å². The third-order valence-corrected chi connectivity index (χ3v) is 3.60. The highest BCUT2D eigenvalue weighted by atomic mass is 19.1. The summed E-state index contributed by atoms with van der Waals surface area (Å²) in [6.45, 7) is 3.33. The fourth-order valence-corrected chi connectivity index (χ4v) is 2.30. The molecular weight excluding hydrogens is 165 g/mol. The zero-order chi connectivity index (χ0) is 9.26. The molecule has 1 N–H and O–H groups in total. The summed E-state index contributed by atoms with van der Waals surface area (Å²) in [6.07, 6.45) is 4.87. The van der Waals surface area contributed by atoms with Crippen LogP contribution in [0.3, 0.4) is 0 Å². The van der Waals surface area contributed by atoms with Crippen LogP contribution in [0.2, 0.25) is 0 Å². The molecule has 0 aromatic rings. The summed E-state index contributed by atoms with van der Waals surface area (Å²) >= 11 is 0. The summed E-state index contributed by atoms with van der Waals surface area (Å²) in [7, 11) is 0. The van der Waals surface area contributed by atoms with Gasteiger partial charge in [-0.25, -0.2) is 4.39 Å². The van der Waals surface area contributed by atoms with E-state index in [-0.39, 0.29) is 6.04 Å². The molecule has 0 saturated heterocycles. The van der Waals surface area contributed by atoms with E-state index in [0.717, 1.165) is 37.6 Å². The Labute approximate surface area is 80.1 Å². The molecule has 0 bridgehead atoms. The van der Waals surface area contributed by atoms with Crippen LogP contribution >= 0.6 is 0 Å². The molecule has 0 amide bonds. The maximum atomic E-state index is 13.4. The number of nitrogens with one attached hydrogen (secondary N) is 1. The van der Waals surface area contributed by atoms with Crippen molar-refractivity contribution in [1.82, 2.24) is 5.32 Å². The lowest BCUT2D eigenvalue weighted by atomic mass is 9.93. The summed E-state index contributed by atoms with van der Waals surface area (Å²) in [5, 5.41) is 3.39. The van der Waals surface area contributed by atoms with E-state index in [1.54, 1.807) is 0 Å². The van der Waals surface area contributed by atoms with Gasteiger partial charge in [-0.3, -0.25) is 0 Å². The molecule has 2 rings (SSSR count). The van der Waals surface area contributed by atoms with Gasteiger partial charge in [-0.2, -0.15) is 0 Å². The van der Waals surface area contributed by atoms with Crippen molar-refractivity contribution >= 4 is 0 Å². The van der Waals surface area contributed by atoms with Crippen molar-refractivity contribution in [3.63, 3.8) is 0 Å². The second kappa shape index (κ2) is 3.95. The Balaban J connectivity index is 1.67. The maximum absolute atomic E-state index is 13.4. The molecular formula is C11H20FN. The number of halogens is 1. The minimum Gasteiger partial charge on any atom is -0.311 e. The Morgan fingerprint density at radius 1 is 1.31 bits per heavy atom. The molecule has 2 aliphatic carbocycles. The first-order valence-electron chi connectivity index (χ1n) is 5.65. The zero-order valence-electron chi connectivity index (χ0n) is 8.43. The molecule has 0 aromatic carbocycles. The average Bonchev–Trinajstić information content (AvgIpc) is 2.81. The van der Waals surface area contributed by atoms with Crippen molar-refractivity contribution in [3.05, 3.63) is 0 Å². The highest BCUT2D eigenvalue weighted by Crippen LogP contribution is 2.37. The molecule has 0 spiro atoms. The van der Waals surface area contributed by atoms with E-state index in [1.807, 2.05) is 0 Å². The van der Waals surface area contributed by atoms with Crippen LogP contribution in [-0.4, -0.2) is 18.8 Å². The fourth-order valence-electron chi connectivity index (χ4n) is 2.30. The molecule has 76 valence electrons. The molecule has 1 nitrogen and oxygen atoms in total. The normalized spacial score (nSPS) is 44.8. The van der Waals surface area contributed by atoms with E-state index in [1.165, 1.54) is 12.8 Å². The van der Waals surface area contributed by atoms with Gasteiger partial charge < -0.3 is 5.32 Å². The molecule has 2 aliphatic rings. The van der Waals surface area contributed by atoms with Gasteiger partial charge in [0.1, 0.15) is 6.17 Å². The van der Waals surface area contributed by atoms with Crippen LogP contribution in [0, 0.1) is 11.8 Å². The van der Waals surface area contributed by atoms with Crippen molar-refractivity contribution in [2.24, 2.45) is 11.8 Å². The second-order valence-corrected chi connectivity index (χ2v) is 4.79. The summed E-state index contributed by atoms with van der Waals surface area (Å²) in [6, 6.07) is 0.168. The molecule has 2 saturated carbocycles. The van der Waals surface area contributed by atoms with Crippen LogP contribution in [0.15, 0.2) is 0 Å². The van der Waals surface area contributed by atoms with Gasteiger partial charge >= 0.3 is 0 Å². The molecule has 13 heavy (non-hydrogen) atoms. The summed E-state index contributed by atoms with van der Waals surface area (Å²) in [5.74, 6) is 1.73. The predicted octanol–water partition coefficient (Wildman–Crippen LogP) is 2.51. The molecule has 2 heteroatoms. The van der Waals surface area contributed by atoms with Crippen LogP contribution in [0.25, 0.3) is 0 Å². The predicted molar refractivity (Wildman–Crippen MR) is 52.4 cm³/mol. The standard InChI is InChI=1S/C11H20FN/c1-8-6-9(8)7-13-11-5-3-2-4-10(11)12/h8-11,13H,2-7H2,1H3/t8?,9?,10-,11-/m1/s1. The first kappa shape index (κ1) is 9.45. The summed E-state index contributed by atoms with van der Waals surface area (Å²) in [5.41, 5.74) is 0. The monoisotopic (exact) mass is 185 g/mol. The van der Waals surface area contributed by atoms with E-state index in [2.05, 4.69) is 12.2 Å². The Bertz CT molecular complexity index is 171. The van der Waals surface area contributed by atoms with Gasteiger partial charge in [-0.1, -0.05) is 19.8 Å². The van der Waals surface area contributed by atoms with E-state index >= 15 is 0 Å². The highest BCUT2D eigenvalue weighted by molar-refractivity contribution is 4.87. The lowest BCUT2D eigenvalue weighted by molar-refractivity contribution is 0.188.